The number of aromatic amines is 1. The van der Waals surface area contributed by atoms with Crippen molar-refractivity contribution in [1.82, 2.24) is 4.98 Å². The number of aryl methyl sites for hydroxylation is 1. The molecule has 0 bridgehead atoms. The largest absolute Gasteiger partial charge is 0.489 e. The zero-order chi connectivity index (χ0) is 29.1. The smallest absolute Gasteiger partial charge is 0.418 e. The summed E-state index contributed by atoms with van der Waals surface area (Å²) in [7, 11) is 0. The summed E-state index contributed by atoms with van der Waals surface area (Å²) in [6.07, 6.45) is -4.79. The minimum atomic E-state index is -4.79. The summed E-state index contributed by atoms with van der Waals surface area (Å²) in [4.78, 5) is 43.6. The van der Waals surface area contributed by atoms with Gasteiger partial charge in [0, 0.05) is 21.4 Å². The Kier molecular flexibility index (Phi) is 6.99. The topological polar surface area (TPSA) is 79.5 Å². The molecule has 12 heteroatoms. The summed E-state index contributed by atoms with van der Waals surface area (Å²) < 4.78 is 47.9. The fourth-order valence-electron chi connectivity index (χ4n) is 5.35. The highest BCUT2D eigenvalue weighted by Gasteiger charge is 2.57. The van der Waals surface area contributed by atoms with Crippen molar-refractivity contribution in [2.45, 2.75) is 35.9 Å². The zero-order valence-corrected chi connectivity index (χ0v) is 23.6. The first-order chi connectivity index (χ1) is 19.5. The zero-order valence-electron chi connectivity index (χ0n) is 21.2. The number of aromatic nitrogens is 1. The Hall–Kier alpha value is -3.54. The number of anilines is 1. The molecule has 3 unspecified atom stereocenters. The predicted octanol–water partition coefficient (Wildman–Crippen LogP) is 6.79. The Morgan fingerprint density at radius 1 is 1.00 bits per heavy atom. The third kappa shape index (κ3) is 4.96. The van der Waals surface area contributed by atoms with E-state index in [1.54, 1.807) is 18.2 Å². The lowest BCUT2D eigenvalue weighted by molar-refractivity contribution is -0.137. The average molecular weight is 617 g/mol. The van der Waals surface area contributed by atoms with Crippen LogP contribution < -0.4 is 14.5 Å². The minimum absolute atomic E-state index is 0.195. The number of halogens is 4. The Labute approximate surface area is 245 Å². The van der Waals surface area contributed by atoms with Gasteiger partial charge in [-0.05, 0) is 42.8 Å². The molecular formula is C29H20ClF3N2O4S2. The first kappa shape index (κ1) is 27.6. The second-order valence-corrected chi connectivity index (χ2v) is 12.3. The van der Waals surface area contributed by atoms with Crippen LogP contribution in [0.5, 0.6) is 5.75 Å². The van der Waals surface area contributed by atoms with Crippen LogP contribution in [0.15, 0.2) is 76.6 Å². The Morgan fingerprint density at radius 3 is 2.54 bits per heavy atom. The van der Waals surface area contributed by atoms with Crippen molar-refractivity contribution in [2.24, 2.45) is 5.92 Å². The lowest BCUT2D eigenvalue weighted by Crippen LogP contribution is -2.33. The Balaban J connectivity index is 1.46. The van der Waals surface area contributed by atoms with E-state index in [0.29, 0.717) is 31.1 Å². The van der Waals surface area contributed by atoms with Gasteiger partial charge in [0.05, 0.1) is 22.2 Å². The van der Waals surface area contributed by atoms with Crippen LogP contribution in [0.1, 0.15) is 33.0 Å². The van der Waals surface area contributed by atoms with E-state index in [0.717, 1.165) is 46.4 Å². The second kappa shape index (κ2) is 10.4. The van der Waals surface area contributed by atoms with Gasteiger partial charge >= 0.3 is 11.0 Å². The molecular weight excluding hydrogens is 597 g/mol. The van der Waals surface area contributed by atoms with Gasteiger partial charge in [-0.1, -0.05) is 76.7 Å². The normalized spacial score (nSPS) is 20.2. The van der Waals surface area contributed by atoms with Gasteiger partial charge in [-0.2, -0.15) is 13.2 Å². The molecule has 3 heterocycles. The fraction of sp³-hybridized carbons (Fsp3) is 0.207. The number of para-hydroxylation sites is 1. The second-order valence-electron chi connectivity index (χ2n) is 9.74. The number of nitrogens with zero attached hydrogens (tertiary/aromatic N) is 1. The molecule has 1 N–H and O–H groups in total. The van der Waals surface area contributed by atoms with E-state index < -0.39 is 46.3 Å². The third-order valence-corrected chi connectivity index (χ3v) is 9.69. The van der Waals surface area contributed by atoms with Crippen LogP contribution in [0.2, 0.25) is 5.02 Å². The van der Waals surface area contributed by atoms with Crippen molar-refractivity contribution in [3.63, 3.8) is 0 Å². The molecule has 2 aliphatic heterocycles. The number of carbonyl (C=O) groups is 2. The van der Waals surface area contributed by atoms with E-state index >= 15 is 0 Å². The molecule has 1 aromatic heterocycles. The van der Waals surface area contributed by atoms with Crippen molar-refractivity contribution in [3.05, 3.63) is 109 Å². The number of alkyl halides is 3. The molecule has 210 valence electrons. The molecule has 3 aromatic carbocycles. The maximum Gasteiger partial charge on any atom is 0.418 e. The number of benzene rings is 3. The van der Waals surface area contributed by atoms with Crippen molar-refractivity contribution < 1.29 is 27.5 Å². The highest BCUT2D eigenvalue weighted by atomic mass is 35.5. The number of thiazole rings is 1. The molecule has 6 nitrogen and oxygen atoms in total. The molecule has 0 spiro atoms. The summed E-state index contributed by atoms with van der Waals surface area (Å²) in [5.74, 6) is -3.16. The average Bonchev–Trinajstić information content (AvgIpc) is 3.41. The number of rotatable bonds is 5. The van der Waals surface area contributed by atoms with Crippen LogP contribution in [-0.4, -0.2) is 22.0 Å². The van der Waals surface area contributed by atoms with Crippen LogP contribution >= 0.6 is 34.7 Å². The number of fused-ring (bicyclic) bond motifs is 2. The number of carbonyl (C=O) groups excluding carboxylic acids is 2. The monoisotopic (exact) mass is 616 g/mol. The Bertz CT molecular complexity index is 1750. The molecule has 2 amide bonds. The molecule has 6 rings (SSSR count). The summed E-state index contributed by atoms with van der Waals surface area (Å²) in [5.41, 5.74) is 0.796. The number of imide groups is 1. The molecule has 2 aliphatic rings. The van der Waals surface area contributed by atoms with Crippen LogP contribution in [0.4, 0.5) is 18.9 Å². The predicted molar refractivity (Wildman–Crippen MR) is 151 cm³/mol. The molecule has 0 aliphatic carbocycles. The number of H-pyrrole nitrogens is 1. The van der Waals surface area contributed by atoms with Crippen molar-refractivity contribution in [1.29, 1.82) is 0 Å². The van der Waals surface area contributed by atoms with Gasteiger partial charge in [0.25, 0.3) is 0 Å². The first-order valence-corrected chi connectivity index (χ1v) is 14.5. The SMILES string of the molecule is Cc1cccc(COc2ccc(Cl)cc2C2c3sc(=O)[nH]c3SC3C(=O)N(c4ccccc4C(F)(F)F)C(=O)C32)c1. The van der Waals surface area contributed by atoms with Crippen LogP contribution in [0.3, 0.4) is 0 Å². The van der Waals surface area contributed by atoms with Gasteiger partial charge < -0.3 is 9.72 Å². The fourth-order valence-corrected chi connectivity index (χ4v) is 8.04. The molecule has 3 atom stereocenters. The number of thioether (sulfide) groups is 1. The van der Waals surface area contributed by atoms with Crippen molar-refractivity contribution in [2.75, 3.05) is 4.90 Å². The molecule has 1 fully saturated rings. The maximum absolute atomic E-state index is 14.0. The summed E-state index contributed by atoms with van der Waals surface area (Å²) in [6.45, 7) is 2.15. The number of amides is 2. The third-order valence-electron chi connectivity index (χ3n) is 7.06. The van der Waals surface area contributed by atoms with Crippen LogP contribution in [-0.2, 0) is 22.4 Å². The molecule has 1 saturated heterocycles. The van der Waals surface area contributed by atoms with Gasteiger partial charge in [-0.15, -0.1) is 0 Å². The van der Waals surface area contributed by atoms with E-state index in [9.17, 15) is 27.6 Å². The van der Waals surface area contributed by atoms with E-state index in [-0.39, 0.29) is 11.5 Å². The number of hydrogen-bond acceptors (Lipinski definition) is 6. The lowest BCUT2D eigenvalue weighted by Gasteiger charge is -2.31. The van der Waals surface area contributed by atoms with Crippen molar-refractivity contribution >= 4 is 52.2 Å². The first-order valence-electron chi connectivity index (χ1n) is 12.4. The standard InChI is InChI=1S/C29H20ClF3N2O4S2/c1-14-5-4-6-15(11-14)13-39-20-10-9-16(30)12-17(20)21-22-24(40-25-23(21)41-28(38)34-25)27(37)35(26(22)36)19-8-3-2-7-18(19)29(31,32)33/h2-12,21-22,24H,13H2,1H3,(H,34,38). The summed E-state index contributed by atoms with van der Waals surface area (Å²) in [6, 6.07) is 17.1. The molecule has 0 saturated carbocycles. The van der Waals surface area contributed by atoms with E-state index in [1.807, 2.05) is 31.2 Å². The Morgan fingerprint density at radius 2 is 1.78 bits per heavy atom. The van der Waals surface area contributed by atoms with Crippen LogP contribution in [0.25, 0.3) is 0 Å². The van der Waals surface area contributed by atoms with Gasteiger partial charge in [-0.25, -0.2) is 4.90 Å². The highest BCUT2D eigenvalue weighted by molar-refractivity contribution is 8.00. The summed E-state index contributed by atoms with van der Waals surface area (Å²) in [5, 5.41) is -0.351. The van der Waals surface area contributed by atoms with E-state index in [1.165, 1.54) is 12.1 Å². The highest BCUT2D eigenvalue weighted by Crippen LogP contribution is 2.55. The van der Waals surface area contributed by atoms with Gasteiger partial charge in [0.15, 0.2) is 0 Å². The van der Waals surface area contributed by atoms with Gasteiger partial charge in [0.1, 0.15) is 17.6 Å². The number of nitrogens with one attached hydrogen (secondary N) is 1. The maximum atomic E-state index is 14.0. The molecule has 4 aromatic rings. The lowest BCUT2D eigenvalue weighted by atomic mass is 9.82. The quantitative estimate of drug-likeness (QED) is 0.250. The van der Waals surface area contributed by atoms with Gasteiger partial charge in [0.2, 0.25) is 11.8 Å². The number of hydrogen-bond donors (Lipinski definition) is 1. The number of ether oxygens (including phenoxy) is 1. The van der Waals surface area contributed by atoms with E-state index in [4.69, 9.17) is 16.3 Å². The minimum Gasteiger partial charge on any atom is -0.489 e. The van der Waals surface area contributed by atoms with E-state index in [2.05, 4.69) is 4.98 Å². The van der Waals surface area contributed by atoms with Gasteiger partial charge in [-0.3, -0.25) is 14.4 Å². The van der Waals surface area contributed by atoms with Crippen molar-refractivity contribution in [3.8, 4) is 5.75 Å². The summed E-state index contributed by atoms with van der Waals surface area (Å²) >= 11 is 8.26. The molecule has 0 radical (unpaired) electrons. The molecule has 41 heavy (non-hydrogen) atoms. The van der Waals surface area contributed by atoms with Crippen LogP contribution in [0, 0.1) is 12.8 Å².